The molecule has 0 bridgehead atoms. The van der Waals surface area contributed by atoms with Gasteiger partial charge in [0, 0.05) is 23.4 Å². The van der Waals surface area contributed by atoms with Crippen LogP contribution in [0, 0.1) is 0 Å². The summed E-state index contributed by atoms with van der Waals surface area (Å²) in [7, 11) is 1.27. The quantitative estimate of drug-likeness (QED) is 0.438. The molecule has 0 aliphatic rings. The molecule has 0 fully saturated rings. The van der Waals surface area contributed by atoms with Crippen molar-refractivity contribution in [1.82, 2.24) is 4.98 Å². The second kappa shape index (κ2) is 9.62. The Kier molecular flexibility index (Phi) is 6.95. The Morgan fingerprint density at radius 3 is 2.79 bits per heavy atom. The van der Waals surface area contributed by atoms with E-state index in [0.29, 0.717) is 22.1 Å². The number of carbonyl (C=O) groups excluding carboxylic acids is 1. The molecular weight excluding hydrogens is 414 g/mol. The Hall–Kier alpha value is -2.77. The van der Waals surface area contributed by atoms with Gasteiger partial charge in [0.05, 0.1) is 30.2 Å². The minimum absolute atomic E-state index is 0.00524. The van der Waals surface area contributed by atoms with Crippen LogP contribution in [0.25, 0.3) is 0 Å². The molecule has 0 spiro atoms. The number of pyridine rings is 1. The topological polar surface area (TPSA) is 89.6 Å². The number of halogens is 1. The lowest BCUT2D eigenvalue weighted by Gasteiger charge is -2.17. The molecule has 1 N–H and O–H groups in total. The lowest BCUT2D eigenvalue weighted by Crippen LogP contribution is -2.14. The van der Waals surface area contributed by atoms with Gasteiger partial charge in [0.25, 0.3) is 0 Å². The highest BCUT2D eigenvalue weighted by Crippen LogP contribution is 2.35. The van der Waals surface area contributed by atoms with Crippen molar-refractivity contribution in [2.45, 2.75) is 23.0 Å². The molecule has 6 nitrogen and oxygen atoms in total. The largest absolute Gasteiger partial charge is 0.502 e. The van der Waals surface area contributed by atoms with Gasteiger partial charge in [0.1, 0.15) is 5.76 Å². The average molecular weight is 432 g/mol. The van der Waals surface area contributed by atoms with E-state index in [0.717, 1.165) is 4.90 Å². The third-order valence-corrected chi connectivity index (χ3v) is 5.75. The van der Waals surface area contributed by atoms with Gasteiger partial charge in [-0.3, -0.25) is 14.6 Å². The van der Waals surface area contributed by atoms with Crippen molar-refractivity contribution in [2.75, 3.05) is 7.11 Å². The number of aromatic hydroxyl groups is 1. The normalized spacial score (nSPS) is 11.8. The SMILES string of the molecule is COC(=O)C[C@H](c1cccnc1)c1oc(CSc2ccccc2Cl)cc(=O)c1O. The van der Waals surface area contributed by atoms with Crippen LogP contribution in [0.3, 0.4) is 0 Å². The number of nitrogens with zero attached hydrogens (tertiary/aromatic N) is 1. The van der Waals surface area contributed by atoms with E-state index >= 15 is 0 Å². The lowest BCUT2D eigenvalue weighted by atomic mass is 9.93. The van der Waals surface area contributed by atoms with Crippen LogP contribution >= 0.6 is 23.4 Å². The highest BCUT2D eigenvalue weighted by Gasteiger charge is 2.26. The van der Waals surface area contributed by atoms with Crippen LogP contribution in [0.4, 0.5) is 0 Å². The van der Waals surface area contributed by atoms with Crippen LogP contribution < -0.4 is 5.43 Å². The average Bonchev–Trinajstić information content (AvgIpc) is 2.74. The third kappa shape index (κ3) is 5.19. The number of carbonyl (C=O) groups is 1. The van der Waals surface area contributed by atoms with Crippen molar-refractivity contribution in [3.05, 3.63) is 87.2 Å². The summed E-state index contributed by atoms with van der Waals surface area (Å²) in [5, 5.41) is 11.0. The van der Waals surface area contributed by atoms with Crippen molar-refractivity contribution in [3.63, 3.8) is 0 Å². The van der Waals surface area contributed by atoms with E-state index in [-0.39, 0.29) is 12.2 Å². The summed E-state index contributed by atoms with van der Waals surface area (Å²) < 4.78 is 10.6. The maximum atomic E-state index is 12.4. The maximum absolute atomic E-state index is 12.4. The van der Waals surface area contributed by atoms with Gasteiger partial charge in [-0.15, -0.1) is 11.8 Å². The van der Waals surface area contributed by atoms with Gasteiger partial charge in [0.15, 0.2) is 5.76 Å². The van der Waals surface area contributed by atoms with Crippen molar-refractivity contribution in [1.29, 1.82) is 0 Å². The number of benzene rings is 1. The standard InChI is InChI=1S/C21H18ClNO5S/c1-27-19(25)10-15(13-5-4-8-23-11-13)21-20(26)17(24)9-14(28-21)12-29-18-7-3-2-6-16(18)22/h2-9,11,15,26H,10,12H2,1H3/t15-/m1/s1. The summed E-state index contributed by atoms with van der Waals surface area (Å²) in [5.74, 6) is -1.07. The van der Waals surface area contributed by atoms with Crippen molar-refractivity contribution in [2.24, 2.45) is 0 Å². The second-order valence-corrected chi connectivity index (χ2v) is 7.55. The Morgan fingerprint density at radius 2 is 2.10 bits per heavy atom. The van der Waals surface area contributed by atoms with Crippen molar-refractivity contribution < 1.29 is 19.1 Å². The zero-order chi connectivity index (χ0) is 20.8. The van der Waals surface area contributed by atoms with Gasteiger partial charge in [-0.2, -0.15) is 0 Å². The molecule has 0 aliphatic heterocycles. The first-order chi connectivity index (χ1) is 14.0. The molecule has 0 aliphatic carbocycles. The van der Waals surface area contributed by atoms with Gasteiger partial charge in [-0.1, -0.05) is 29.8 Å². The molecule has 3 aromatic rings. The van der Waals surface area contributed by atoms with E-state index in [1.54, 1.807) is 30.6 Å². The zero-order valence-electron chi connectivity index (χ0n) is 15.5. The predicted molar refractivity (Wildman–Crippen MR) is 110 cm³/mol. The van der Waals surface area contributed by atoms with Gasteiger partial charge in [0.2, 0.25) is 11.2 Å². The van der Waals surface area contributed by atoms with E-state index in [1.165, 1.54) is 24.9 Å². The first-order valence-electron chi connectivity index (χ1n) is 8.69. The van der Waals surface area contributed by atoms with Crippen LogP contribution in [0.1, 0.15) is 29.4 Å². The van der Waals surface area contributed by atoms with Crippen LogP contribution in [0.5, 0.6) is 5.75 Å². The van der Waals surface area contributed by atoms with Crippen LogP contribution in [-0.4, -0.2) is 23.2 Å². The summed E-state index contributed by atoms with van der Waals surface area (Å²) in [6, 6.07) is 12.0. The number of hydrogen-bond donors (Lipinski definition) is 1. The van der Waals surface area contributed by atoms with Crippen LogP contribution in [0.15, 0.2) is 69.0 Å². The molecule has 150 valence electrons. The molecule has 2 heterocycles. The molecule has 0 amide bonds. The van der Waals surface area contributed by atoms with Crippen molar-refractivity contribution in [3.8, 4) is 5.75 Å². The zero-order valence-corrected chi connectivity index (χ0v) is 17.1. The highest BCUT2D eigenvalue weighted by atomic mass is 35.5. The van der Waals surface area contributed by atoms with Gasteiger partial charge < -0.3 is 14.3 Å². The first-order valence-corrected chi connectivity index (χ1v) is 10.1. The smallest absolute Gasteiger partial charge is 0.306 e. The number of rotatable bonds is 7. The van der Waals surface area contributed by atoms with Gasteiger partial charge in [-0.25, -0.2) is 0 Å². The molecule has 1 aromatic carbocycles. The molecule has 0 saturated heterocycles. The predicted octanol–water partition coefficient (Wildman–Crippen LogP) is 4.38. The third-order valence-electron chi connectivity index (χ3n) is 4.21. The summed E-state index contributed by atoms with van der Waals surface area (Å²) in [4.78, 5) is 29.2. The Balaban J connectivity index is 1.96. The molecule has 2 aromatic heterocycles. The Labute approximate surface area is 176 Å². The fourth-order valence-electron chi connectivity index (χ4n) is 2.77. The van der Waals surface area contributed by atoms with E-state index in [1.807, 2.05) is 18.2 Å². The van der Waals surface area contributed by atoms with Crippen LogP contribution in [-0.2, 0) is 15.3 Å². The summed E-state index contributed by atoms with van der Waals surface area (Å²) in [5.41, 5.74) is 0.0343. The fourth-order valence-corrected chi connectivity index (χ4v) is 3.89. The number of hydrogen-bond acceptors (Lipinski definition) is 7. The Bertz CT molecular complexity index is 1050. The second-order valence-electron chi connectivity index (χ2n) is 6.13. The molecule has 1 atom stereocenters. The number of methoxy groups -OCH3 is 1. The number of ether oxygens (including phenoxy) is 1. The molecule has 29 heavy (non-hydrogen) atoms. The van der Waals surface area contributed by atoms with E-state index < -0.39 is 23.1 Å². The minimum atomic E-state index is -0.714. The molecule has 0 saturated carbocycles. The molecule has 3 rings (SSSR count). The fraction of sp³-hybridized carbons (Fsp3) is 0.190. The number of thioether (sulfide) groups is 1. The van der Waals surface area contributed by atoms with Crippen LogP contribution in [0.2, 0.25) is 5.02 Å². The minimum Gasteiger partial charge on any atom is -0.502 e. The van der Waals surface area contributed by atoms with Gasteiger partial charge >= 0.3 is 5.97 Å². The Morgan fingerprint density at radius 1 is 1.31 bits per heavy atom. The molecule has 8 heteroatoms. The molecule has 0 radical (unpaired) electrons. The number of esters is 1. The molecule has 0 unspecified atom stereocenters. The van der Waals surface area contributed by atoms with E-state index in [9.17, 15) is 14.7 Å². The molecular formula is C21H18ClNO5S. The van der Waals surface area contributed by atoms with Gasteiger partial charge in [-0.05, 0) is 23.8 Å². The first kappa shape index (κ1) is 21.0. The monoisotopic (exact) mass is 431 g/mol. The van der Waals surface area contributed by atoms with E-state index in [2.05, 4.69) is 4.98 Å². The summed E-state index contributed by atoms with van der Waals surface area (Å²) >= 11 is 7.57. The lowest BCUT2D eigenvalue weighted by molar-refractivity contribution is -0.140. The van der Waals surface area contributed by atoms with E-state index in [4.69, 9.17) is 20.8 Å². The highest BCUT2D eigenvalue weighted by molar-refractivity contribution is 7.98. The summed E-state index contributed by atoms with van der Waals surface area (Å²) in [6.07, 6.45) is 3.03. The van der Waals surface area contributed by atoms with Crippen molar-refractivity contribution >= 4 is 29.3 Å². The maximum Gasteiger partial charge on any atom is 0.306 e. The summed E-state index contributed by atoms with van der Waals surface area (Å²) in [6.45, 7) is 0. The number of aromatic nitrogens is 1.